The molecule has 3 aliphatic heterocycles. The van der Waals surface area contributed by atoms with E-state index in [1.165, 1.54) is 11.2 Å². The third kappa shape index (κ3) is 12.8. The monoisotopic (exact) mass is 1010 g/mol. The number of carbonyl (C=O) groups excluding carboxylic acids is 3. The Morgan fingerprint density at radius 2 is 1.83 bits per heavy atom. The summed E-state index contributed by atoms with van der Waals surface area (Å²) in [5.41, 5.74) is 5.47. The molecule has 3 amide bonds. The number of hydrogen-bond donors (Lipinski definition) is 2. The van der Waals surface area contributed by atoms with Crippen LogP contribution in [0.2, 0.25) is 15.1 Å². The highest BCUT2D eigenvalue weighted by molar-refractivity contribution is 6.35. The number of amides is 3. The minimum Gasteiger partial charge on any atom is -1.00 e. The Balaban J connectivity index is 0.00000408. The number of anilines is 2. The normalized spacial score (nSPS) is 19.1. The molecular formula is C43H55Cl5N10O8. The highest BCUT2D eigenvalue weighted by Crippen LogP contribution is 2.40. The van der Waals surface area contributed by atoms with Gasteiger partial charge in [0, 0.05) is 78.7 Å². The maximum absolute atomic E-state index is 13.4. The summed E-state index contributed by atoms with van der Waals surface area (Å²) < 4.78 is 33.7. The van der Waals surface area contributed by atoms with Crippen LogP contribution >= 0.6 is 47.2 Å². The summed E-state index contributed by atoms with van der Waals surface area (Å²) in [4.78, 5) is 41.6. The van der Waals surface area contributed by atoms with E-state index in [2.05, 4.69) is 32.7 Å². The molecule has 3 fully saturated rings. The van der Waals surface area contributed by atoms with E-state index >= 15 is 0 Å². The number of aromatic nitrogens is 3. The lowest BCUT2D eigenvalue weighted by atomic mass is 10.1. The fraction of sp³-hybridized carbons (Fsp3) is 0.465. The molecule has 3 unspecified atom stereocenters. The van der Waals surface area contributed by atoms with Gasteiger partial charge in [-0.3, -0.25) is 15.1 Å². The van der Waals surface area contributed by atoms with Crippen molar-refractivity contribution < 1.29 is 55.0 Å². The van der Waals surface area contributed by atoms with Crippen molar-refractivity contribution in [3.05, 3.63) is 99.5 Å². The maximum Gasteiger partial charge on any atom is 0.416 e. The van der Waals surface area contributed by atoms with Gasteiger partial charge in [0.15, 0.2) is 6.54 Å². The Labute approximate surface area is 411 Å². The molecule has 4 aromatic rings. The first-order chi connectivity index (χ1) is 30.9. The molecule has 3 aliphatic rings. The van der Waals surface area contributed by atoms with Gasteiger partial charge in [0.25, 0.3) is 6.33 Å². The fourth-order valence-electron chi connectivity index (χ4n) is 7.60. The number of unbranched alkanes of at least 4 members (excludes halogenated alkanes) is 1. The minimum atomic E-state index is -1.37. The van der Waals surface area contributed by atoms with Gasteiger partial charge in [0.2, 0.25) is 18.3 Å². The van der Waals surface area contributed by atoms with Crippen molar-refractivity contribution >= 4 is 76.7 Å². The summed E-state index contributed by atoms with van der Waals surface area (Å²) >= 11 is 19.5. The molecule has 4 heterocycles. The van der Waals surface area contributed by atoms with Gasteiger partial charge in [-0.25, -0.2) is 19.6 Å². The van der Waals surface area contributed by atoms with Crippen molar-refractivity contribution in [2.24, 2.45) is 0 Å². The molecule has 0 radical (unpaired) electrons. The van der Waals surface area contributed by atoms with Gasteiger partial charge in [-0.15, -0.1) is 17.1 Å². The third-order valence-corrected chi connectivity index (χ3v) is 12.0. The summed E-state index contributed by atoms with van der Waals surface area (Å²) in [5, 5.41) is 14.3. The predicted octanol–water partition coefficient (Wildman–Crippen LogP) is 2.99. The van der Waals surface area contributed by atoms with Crippen LogP contribution in [0.3, 0.4) is 0 Å². The summed E-state index contributed by atoms with van der Waals surface area (Å²) in [6.45, 7) is 8.65. The number of halogens is 5. The van der Waals surface area contributed by atoms with Crippen LogP contribution in [0.4, 0.5) is 21.0 Å². The highest BCUT2D eigenvalue weighted by Gasteiger charge is 2.47. The van der Waals surface area contributed by atoms with E-state index in [9.17, 15) is 14.4 Å². The summed E-state index contributed by atoms with van der Waals surface area (Å²) in [5.74, 6) is -1.15. The van der Waals surface area contributed by atoms with E-state index in [0.717, 1.165) is 51.3 Å². The second-order valence-electron chi connectivity index (χ2n) is 15.6. The van der Waals surface area contributed by atoms with Gasteiger partial charge in [-0.05, 0) is 62.0 Å². The molecule has 0 bridgehead atoms. The Bertz CT molecular complexity index is 2260. The van der Waals surface area contributed by atoms with E-state index in [1.807, 2.05) is 29.3 Å². The van der Waals surface area contributed by atoms with Gasteiger partial charge >= 0.3 is 18.1 Å². The van der Waals surface area contributed by atoms with Crippen LogP contribution in [-0.2, 0) is 42.7 Å². The van der Waals surface area contributed by atoms with Gasteiger partial charge in [0.05, 0.1) is 23.9 Å². The Kier molecular flexibility index (Phi) is 19.2. The number of rotatable bonds is 18. The largest absolute Gasteiger partial charge is 1.00 e. The Morgan fingerprint density at radius 1 is 1.08 bits per heavy atom. The van der Waals surface area contributed by atoms with Crippen molar-refractivity contribution in [2.45, 2.75) is 58.0 Å². The molecule has 3 atom stereocenters. The lowest BCUT2D eigenvalue weighted by Crippen LogP contribution is -3.00. The van der Waals surface area contributed by atoms with Gasteiger partial charge < -0.3 is 46.3 Å². The third-order valence-electron chi connectivity index (χ3n) is 11.1. The van der Waals surface area contributed by atoms with Gasteiger partial charge in [-0.1, -0.05) is 60.3 Å². The molecule has 360 valence electrons. The number of hydrazine groups is 2. The molecule has 18 nitrogen and oxygen atoms in total. The number of ether oxygens (including phenoxy) is 5. The predicted molar refractivity (Wildman–Crippen MR) is 246 cm³/mol. The maximum atomic E-state index is 13.4. The fourth-order valence-corrected chi connectivity index (χ4v) is 8.38. The first-order valence-corrected chi connectivity index (χ1v) is 22.3. The summed E-state index contributed by atoms with van der Waals surface area (Å²) in [6.07, 6.45) is 3.36. The molecular weight excluding hydrogens is 962 g/mol. The first-order valence-electron chi connectivity index (χ1n) is 21.1. The number of carbonyl (C=O) groups is 3. The average molecular weight is 1020 g/mol. The van der Waals surface area contributed by atoms with Crippen molar-refractivity contribution in [3.63, 3.8) is 0 Å². The second kappa shape index (κ2) is 24.1. The number of nitrogens with zero attached hydrogens (tertiary/aromatic N) is 8. The smallest absolute Gasteiger partial charge is 0.416 e. The van der Waals surface area contributed by atoms with Crippen LogP contribution in [0.5, 0.6) is 5.75 Å². The molecule has 3 aromatic carbocycles. The van der Waals surface area contributed by atoms with Crippen LogP contribution in [0.25, 0.3) is 0 Å². The molecule has 2 N–H and O–H groups in total. The number of urea groups is 1. The molecule has 0 spiro atoms. The van der Waals surface area contributed by atoms with Gasteiger partial charge in [-0.2, -0.15) is 9.58 Å². The molecule has 0 aliphatic carbocycles. The molecule has 7 rings (SSSR count). The number of piperazine rings is 1. The minimum absolute atomic E-state index is 0. The zero-order chi connectivity index (χ0) is 45.4. The van der Waals surface area contributed by atoms with Crippen LogP contribution in [0.15, 0.2) is 73.3 Å². The Morgan fingerprint density at radius 3 is 2.55 bits per heavy atom. The molecule has 1 aromatic heterocycles. The number of nitrogens with one attached hydrogen (secondary N) is 2. The number of esters is 1. The lowest BCUT2D eigenvalue weighted by Gasteiger charge is -2.39. The molecule has 66 heavy (non-hydrogen) atoms. The van der Waals surface area contributed by atoms with E-state index in [0.29, 0.717) is 44.3 Å². The number of benzene rings is 3. The first kappa shape index (κ1) is 52.6. The van der Waals surface area contributed by atoms with Gasteiger partial charge in [0.1, 0.15) is 31.7 Å². The van der Waals surface area contributed by atoms with E-state index < -0.39 is 30.2 Å². The number of hydrogen-bond acceptors (Lipinski definition) is 13. The zero-order valence-electron chi connectivity index (χ0n) is 37.0. The van der Waals surface area contributed by atoms with E-state index in [-0.39, 0.29) is 63.8 Å². The van der Waals surface area contributed by atoms with E-state index in [1.54, 1.807) is 78.0 Å². The Hall–Kier alpha value is -4.34. The summed E-state index contributed by atoms with van der Waals surface area (Å²) in [6, 6.07) is 18.0. The molecule has 0 saturated carbocycles. The van der Waals surface area contributed by atoms with Crippen LogP contribution in [0, 0.1) is 0 Å². The van der Waals surface area contributed by atoms with Crippen LogP contribution in [-0.4, -0.2) is 122 Å². The topological polar surface area (TPSA) is 159 Å². The molecule has 23 heteroatoms. The lowest BCUT2D eigenvalue weighted by molar-refractivity contribution is -0.753. The summed E-state index contributed by atoms with van der Waals surface area (Å²) in [7, 11) is 3.18. The zero-order valence-corrected chi connectivity index (χ0v) is 40.9. The molecule has 3 saturated heterocycles. The average Bonchev–Trinajstić information content (AvgIpc) is 4.03. The van der Waals surface area contributed by atoms with Crippen LogP contribution in [0.1, 0.15) is 44.0 Å². The van der Waals surface area contributed by atoms with Crippen molar-refractivity contribution in [1.29, 1.82) is 0 Å². The quantitative estimate of drug-likeness (QED) is 0.111. The standard InChI is InChI=1S/C43H53Cl3N10O8.2ClH/c1-5-6-16-53-29-56(41(58)49-53)55-19-17-51(18-20-55)32-11-13-33(14-12-32)60-23-34-24-62-43(64-34,36-15-10-31(44)21-38(36)46)26-54-28-52(27-48-54)30(2)63-42(59)50(4)39-9-7-8-37(45)35(39)25-61-40(57)22-47-3;;/h7-15,21,27-28,30,34,47H,5-6,16-20,22-26,29H2,1-4H3;2*1H. The number of likely N-dealkylation sites (N-methyl/N-ethyl adjacent to an activating group) is 1. The second-order valence-corrected chi connectivity index (χ2v) is 16.9. The van der Waals surface area contributed by atoms with E-state index in [4.69, 9.17) is 58.5 Å². The SMILES string of the molecule is CCCCN1CN(N2CCN(c3ccc(OCC4COC(Cn5c[n+](C(C)OC(=O)N(C)c6cccc(Cl)c6COC(=O)CNC)cn5)(c5ccc(Cl)cc5Cl)O4)cc3)CC2)C(=O)N1.Cl.[Cl-]. The van der Waals surface area contributed by atoms with Crippen molar-refractivity contribution in [3.8, 4) is 5.75 Å². The van der Waals surface area contributed by atoms with Crippen molar-refractivity contribution in [1.82, 2.24) is 35.5 Å². The van der Waals surface area contributed by atoms with Crippen LogP contribution < -0.4 is 42.3 Å². The van der Waals surface area contributed by atoms with Crippen molar-refractivity contribution in [2.75, 3.05) is 83.0 Å². The highest BCUT2D eigenvalue weighted by atomic mass is 35.5.